The van der Waals surface area contributed by atoms with Gasteiger partial charge in [-0.05, 0) is 30.0 Å². The number of rotatable bonds is 6. The summed E-state index contributed by atoms with van der Waals surface area (Å²) in [4.78, 5) is 21.0. The quantitative estimate of drug-likeness (QED) is 0.756. The topological polar surface area (TPSA) is 59.8 Å². The minimum atomic E-state index is -0.0284. The number of hydrogen-bond acceptors (Lipinski definition) is 4. The number of benzene rings is 1. The van der Waals surface area contributed by atoms with E-state index in [0.717, 1.165) is 28.2 Å². The summed E-state index contributed by atoms with van der Waals surface area (Å²) in [5, 5.41) is 2.94. The third kappa shape index (κ3) is 3.71. The Kier molecular flexibility index (Phi) is 4.92. The number of hydrogen-bond donors (Lipinski definition) is 1. The third-order valence-corrected chi connectivity index (χ3v) is 4.07. The van der Waals surface area contributed by atoms with E-state index in [-0.39, 0.29) is 12.5 Å². The summed E-state index contributed by atoms with van der Waals surface area (Å²) >= 11 is 1.70. The molecule has 0 spiro atoms. The maximum absolute atomic E-state index is 12.3. The van der Waals surface area contributed by atoms with Crippen molar-refractivity contribution in [1.29, 1.82) is 0 Å². The Morgan fingerprint density at radius 2 is 2.13 bits per heavy atom. The van der Waals surface area contributed by atoms with Gasteiger partial charge in [0.25, 0.3) is 0 Å². The number of amides is 1. The second-order valence-corrected chi connectivity index (χ2v) is 6.04. The molecule has 23 heavy (non-hydrogen) atoms. The van der Waals surface area contributed by atoms with Crippen molar-refractivity contribution in [2.24, 2.45) is 0 Å². The predicted octanol–water partition coefficient (Wildman–Crippen LogP) is 2.61. The molecule has 1 N–H and O–H groups in total. The lowest BCUT2D eigenvalue weighted by Gasteiger charge is -2.09. The van der Waals surface area contributed by atoms with Gasteiger partial charge in [-0.1, -0.05) is 18.2 Å². The molecule has 0 aliphatic carbocycles. The fourth-order valence-electron chi connectivity index (χ4n) is 2.44. The molecule has 0 unspecified atom stereocenters. The Labute approximate surface area is 139 Å². The molecule has 1 amide bonds. The molecule has 0 saturated heterocycles. The molecule has 6 heteroatoms. The molecule has 118 valence electrons. The van der Waals surface area contributed by atoms with Crippen LogP contribution in [0.3, 0.4) is 0 Å². The van der Waals surface area contributed by atoms with E-state index < -0.39 is 0 Å². The van der Waals surface area contributed by atoms with Crippen LogP contribution in [-0.2, 0) is 23.6 Å². The molecule has 2 aromatic heterocycles. The van der Waals surface area contributed by atoms with Gasteiger partial charge < -0.3 is 9.88 Å². The molecule has 0 aliphatic heterocycles. The van der Waals surface area contributed by atoms with Crippen LogP contribution in [0.5, 0.6) is 0 Å². The largest absolute Gasteiger partial charge is 0.350 e. The molecule has 0 atom stereocenters. The molecular weight excluding hydrogens is 308 g/mol. The molecular formula is C17H18N4OS. The first-order valence-corrected chi connectivity index (χ1v) is 8.76. The van der Waals surface area contributed by atoms with Crippen molar-refractivity contribution in [2.45, 2.75) is 18.8 Å². The van der Waals surface area contributed by atoms with Gasteiger partial charge in [-0.2, -0.15) is 11.8 Å². The summed E-state index contributed by atoms with van der Waals surface area (Å²) in [6.07, 6.45) is 5.51. The highest BCUT2D eigenvalue weighted by Crippen LogP contribution is 2.18. The molecule has 0 radical (unpaired) electrons. The van der Waals surface area contributed by atoms with E-state index >= 15 is 0 Å². The van der Waals surface area contributed by atoms with Gasteiger partial charge in [0.05, 0.1) is 16.8 Å². The maximum Gasteiger partial charge on any atom is 0.240 e. The van der Waals surface area contributed by atoms with E-state index in [9.17, 15) is 4.79 Å². The fraction of sp³-hybridized carbons (Fsp3) is 0.235. The van der Waals surface area contributed by atoms with Crippen molar-refractivity contribution >= 4 is 28.7 Å². The zero-order valence-electron chi connectivity index (χ0n) is 12.9. The number of thioether (sulfide) groups is 1. The Balaban J connectivity index is 1.74. The number of para-hydroxylation sites is 2. The van der Waals surface area contributed by atoms with Crippen LogP contribution in [-0.4, -0.2) is 26.7 Å². The van der Waals surface area contributed by atoms with Gasteiger partial charge in [-0.15, -0.1) is 0 Å². The first-order chi connectivity index (χ1) is 11.3. The number of nitrogens with one attached hydrogen (secondary N) is 1. The maximum atomic E-state index is 12.3. The van der Waals surface area contributed by atoms with E-state index in [1.807, 2.05) is 47.2 Å². The van der Waals surface area contributed by atoms with Crippen LogP contribution < -0.4 is 5.32 Å². The molecule has 2 heterocycles. The van der Waals surface area contributed by atoms with Gasteiger partial charge in [-0.3, -0.25) is 9.78 Å². The van der Waals surface area contributed by atoms with Gasteiger partial charge in [0.2, 0.25) is 5.91 Å². The molecule has 0 fully saturated rings. The van der Waals surface area contributed by atoms with Crippen LogP contribution in [0.15, 0.2) is 48.8 Å². The zero-order valence-corrected chi connectivity index (χ0v) is 13.7. The summed E-state index contributed by atoms with van der Waals surface area (Å²) in [7, 11) is 0. The molecule has 0 bridgehead atoms. The monoisotopic (exact) mass is 326 g/mol. The average Bonchev–Trinajstić information content (AvgIpc) is 2.92. The average molecular weight is 326 g/mol. The highest BCUT2D eigenvalue weighted by atomic mass is 32.2. The normalized spacial score (nSPS) is 10.8. The lowest BCUT2D eigenvalue weighted by molar-refractivity contribution is -0.121. The molecule has 0 aliphatic rings. The number of carbonyl (C=O) groups is 1. The van der Waals surface area contributed by atoms with Gasteiger partial charge in [0, 0.05) is 18.9 Å². The van der Waals surface area contributed by atoms with Crippen molar-refractivity contribution in [3.05, 3.63) is 60.2 Å². The zero-order chi connectivity index (χ0) is 16.1. The lowest BCUT2D eigenvalue weighted by Crippen LogP contribution is -2.27. The van der Waals surface area contributed by atoms with Crippen molar-refractivity contribution in [3.8, 4) is 0 Å². The van der Waals surface area contributed by atoms with Crippen molar-refractivity contribution in [2.75, 3.05) is 6.26 Å². The van der Waals surface area contributed by atoms with Crippen LogP contribution in [0.1, 0.15) is 11.4 Å². The van der Waals surface area contributed by atoms with Gasteiger partial charge in [0.1, 0.15) is 12.4 Å². The highest BCUT2D eigenvalue weighted by molar-refractivity contribution is 7.97. The third-order valence-electron chi connectivity index (χ3n) is 3.52. The summed E-state index contributed by atoms with van der Waals surface area (Å²) < 4.78 is 1.99. The molecule has 5 nitrogen and oxygen atoms in total. The Morgan fingerprint density at radius 3 is 2.91 bits per heavy atom. The minimum Gasteiger partial charge on any atom is -0.350 e. The van der Waals surface area contributed by atoms with Gasteiger partial charge in [-0.25, -0.2) is 4.98 Å². The second-order valence-electron chi connectivity index (χ2n) is 5.17. The van der Waals surface area contributed by atoms with Crippen LogP contribution in [0, 0.1) is 0 Å². The van der Waals surface area contributed by atoms with E-state index in [2.05, 4.69) is 15.3 Å². The van der Waals surface area contributed by atoms with E-state index in [0.29, 0.717) is 6.54 Å². The lowest BCUT2D eigenvalue weighted by atomic mass is 10.3. The number of fused-ring (bicyclic) bond motifs is 1. The first-order valence-electron chi connectivity index (χ1n) is 7.36. The predicted molar refractivity (Wildman–Crippen MR) is 93.0 cm³/mol. The van der Waals surface area contributed by atoms with Crippen LogP contribution in [0.4, 0.5) is 0 Å². The van der Waals surface area contributed by atoms with Crippen LogP contribution >= 0.6 is 11.8 Å². The van der Waals surface area contributed by atoms with Crippen LogP contribution in [0.25, 0.3) is 11.0 Å². The smallest absolute Gasteiger partial charge is 0.240 e. The number of pyridine rings is 1. The van der Waals surface area contributed by atoms with E-state index in [1.165, 1.54) is 0 Å². The summed E-state index contributed by atoms with van der Waals surface area (Å²) in [5.41, 5.74) is 2.91. The van der Waals surface area contributed by atoms with Gasteiger partial charge >= 0.3 is 0 Å². The van der Waals surface area contributed by atoms with Gasteiger partial charge in [0.15, 0.2) is 0 Å². The Bertz CT molecular complexity index is 801. The Morgan fingerprint density at radius 1 is 1.26 bits per heavy atom. The van der Waals surface area contributed by atoms with Crippen molar-refractivity contribution < 1.29 is 4.79 Å². The first kappa shape index (κ1) is 15.6. The summed E-state index contributed by atoms with van der Waals surface area (Å²) in [5.74, 6) is 1.68. The number of carbonyl (C=O) groups excluding carboxylic acids is 1. The van der Waals surface area contributed by atoms with E-state index in [1.54, 1.807) is 24.2 Å². The molecule has 3 aromatic rings. The second kappa shape index (κ2) is 7.28. The molecule has 0 saturated carbocycles. The summed E-state index contributed by atoms with van der Waals surface area (Å²) in [6.45, 7) is 0.758. The standard InChI is InChI=1S/C17H18N4OS/c1-23-12-16-20-14-6-2-3-7-15(14)21(16)11-17(22)19-10-13-5-4-8-18-9-13/h2-9H,10-12H2,1H3,(H,19,22). The SMILES string of the molecule is CSCc1nc2ccccc2n1CC(=O)NCc1cccnc1. The summed E-state index contributed by atoms with van der Waals surface area (Å²) in [6, 6.07) is 11.7. The van der Waals surface area contributed by atoms with Crippen LogP contribution in [0.2, 0.25) is 0 Å². The molecule has 1 aromatic carbocycles. The number of imidazole rings is 1. The van der Waals surface area contributed by atoms with E-state index in [4.69, 9.17) is 0 Å². The minimum absolute atomic E-state index is 0.0284. The Hall–Kier alpha value is -2.34. The number of aromatic nitrogens is 3. The van der Waals surface area contributed by atoms with Crippen molar-refractivity contribution in [3.63, 3.8) is 0 Å². The van der Waals surface area contributed by atoms with Crippen molar-refractivity contribution in [1.82, 2.24) is 19.9 Å². The molecule has 3 rings (SSSR count). The highest BCUT2D eigenvalue weighted by Gasteiger charge is 2.13. The number of nitrogens with zero attached hydrogens (tertiary/aromatic N) is 3. The fourth-order valence-corrected chi connectivity index (χ4v) is 2.92.